The van der Waals surface area contributed by atoms with Crippen LogP contribution in [0.15, 0.2) is 53.9 Å². The molecule has 3 aromatic rings. The van der Waals surface area contributed by atoms with E-state index in [1.54, 1.807) is 29.6 Å². The van der Waals surface area contributed by atoms with Crippen LogP contribution in [0.5, 0.6) is 5.75 Å². The second-order valence-electron chi connectivity index (χ2n) is 6.67. The summed E-state index contributed by atoms with van der Waals surface area (Å²) in [6, 6.07) is 14.6. The minimum Gasteiger partial charge on any atom is -0.494 e. The van der Waals surface area contributed by atoms with Crippen LogP contribution in [-0.4, -0.2) is 23.4 Å². The number of ether oxygens (including phenoxy) is 1. The fourth-order valence-electron chi connectivity index (χ4n) is 2.49. The average molecular weight is 410 g/mol. The Morgan fingerprint density at radius 2 is 1.62 bits per heavy atom. The SMILES string of the molecule is CCOc1ccc(-c2nc(C(=O)Nc3ccc(NC(=O)C(C)C)cc3)cs2)cc1. The molecular formula is C22H23N3O3S. The van der Waals surface area contributed by atoms with Gasteiger partial charge in [0, 0.05) is 28.2 Å². The molecule has 0 unspecified atom stereocenters. The van der Waals surface area contributed by atoms with E-state index < -0.39 is 0 Å². The van der Waals surface area contributed by atoms with Crippen molar-refractivity contribution in [2.45, 2.75) is 20.8 Å². The Kier molecular flexibility index (Phi) is 6.61. The molecule has 0 aliphatic rings. The normalized spacial score (nSPS) is 10.6. The van der Waals surface area contributed by atoms with E-state index in [1.165, 1.54) is 11.3 Å². The number of carbonyl (C=O) groups is 2. The first-order valence-electron chi connectivity index (χ1n) is 9.37. The molecule has 1 aromatic heterocycles. The van der Waals surface area contributed by atoms with Crippen molar-refractivity contribution in [3.8, 4) is 16.3 Å². The smallest absolute Gasteiger partial charge is 0.275 e. The van der Waals surface area contributed by atoms with Gasteiger partial charge < -0.3 is 15.4 Å². The number of anilines is 2. The van der Waals surface area contributed by atoms with Crippen molar-refractivity contribution in [3.63, 3.8) is 0 Å². The molecule has 0 radical (unpaired) electrons. The van der Waals surface area contributed by atoms with Crippen molar-refractivity contribution < 1.29 is 14.3 Å². The number of amides is 2. The lowest BCUT2D eigenvalue weighted by Crippen LogP contribution is -2.17. The molecule has 6 nitrogen and oxygen atoms in total. The zero-order valence-corrected chi connectivity index (χ0v) is 17.4. The topological polar surface area (TPSA) is 80.3 Å². The van der Waals surface area contributed by atoms with Gasteiger partial charge in [-0.05, 0) is 55.5 Å². The molecule has 150 valence electrons. The molecule has 0 spiro atoms. The third-order valence-electron chi connectivity index (χ3n) is 4.08. The van der Waals surface area contributed by atoms with Gasteiger partial charge in [0.05, 0.1) is 6.61 Å². The van der Waals surface area contributed by atoms with Crippen molar-refractivity contribution in [2.24, 2.45) is 5.92 Å². The maximum absolute atomic E-state index is 12.5. The Morgan fingerprint density at radius 3 is 2.21 bits per heavy atom. The van der Waals surface area contributed by atoms with Crippen LogP contribution in [0.3, 0.4) is 0 Å². The lowest BCUT2D eigenvalue weighted by Gasteiger charge is -2.09. The molecule has 7 heteroatoms. The first-order chi connectivity index (χ1) is 14.0. The van der Waals surface area contributed by atoms with Crippen LogP contribution in [0.25, 0.3) is 10.6 Å². The predicted octanol–water partition coefficient (Wildman–Crippen LogP) is 5.06. The van der Waals surface area contributed by atoms with Crippen molar-refractivity contribution in [1.82, 2.24) is 4.98 Å². The van der Waals surface area contributed by atoms with Gasteiger partial charge >= 0.3 is 0 Å². The van der Waals surface area contributed by atoms with Crippen LogP contribution in [0.4, 0.5) is 11.4 Å². The summed E-state index contributed by atoms with van der Waals surface area (Å²) in [5.74, 6) is 0.380. The number of hydrogen-bond acceptors (Lipinski definition) is 5. The highest BCUT2D eigenvalue weighted by molar-refractivity contribution is 7.13. The van der Waals surface area contributed by atoms with Crippen LogP contribution in [0.2, 0.25) is 0 Å². The minimum absolute atomic E-state index is 0.0499. The molecule has 0 fully saturated rings. The fraction of sp³-hybridized carbons (Fsp3) is 0.227. The summed E-state index contributed by atoms with van der Waals surface area (Å²) in [7, 11) is 0. The number of aromatic nitrogens is 1. The molecule has 0 bridgehead atoms. The van der Waals surface area contributed by atoms with E-state index in [-0.39, 0.29) is 17.7 Å². The van der Waals surface area contributed by atoms with Crippen molar-refractivity contribution in [3.05, 3.63) is 59.6 Å². The van der Waals surface area contributed by atoms with Crippen LogP contribution < -0.4 is 15.4 Å². The van der Waals surface area contributed by atoms with Crippen molar-refractivity contribution >= 4 is 34.5 Å². The first kappa shape index (κ1) is 20.5. The molecule has 2 aromatic carbocycles. The van der Waals surface area contributed by atoms with Gasteiger partial charge in [-0.2, -0.15) is 0 Å². The van der Waals surface area contributed by atoms with Crippen molar-refractivity contribution in [2.75, 3.05) is 17.2 Å². The molecule has 0 saturated carbocycles. The van der Waals surface area contributed by atoms with Gasteiger partial charge in [-0.1, -0.05) is 13.8 Å². The van der Waals surface area contributed by atoms with E-state index in [1.807, 2.05) is 45.0 Å². The van der Waals surface area contributed by atoms with Gasteiger partial charge in [0.25, 0.3) is 5.91 Å². The lowest BCUT2D eigenvalue weighted by molar-refractivity contribution is -0.118. The Morgan fingerprint density at radius 1 is 1.00 bits per heavy atom. The number of nitrogens with one attached hydrogen (secondary N) is 2. The summed E-state index contributed by atoms with van der Waals surface area (Å²) >= 11 is 1.41. The van der Waals surface area contributed by atoms with E-state index >= 15 is 0 Å². The summed E-state index contributed by atoms with van der Waals surface area (Å²) in [6.45, 7) is 6.22. The molecule has 1 heterocycles. The van der Waals surface area contributed by atoms with E-state index in [2.05, 4.69) is 15.6 Å². The van der Waals surface area contributed by atoms with E-state index in [9.17, 15) is 9.59 Å². The Bertz CT molecular complexity index is 979. The first-order valence-corrected chi connectivity index (χ1v) is 10.2. The number of carbonyl (C=O) groups excluding carboxylic acids is 2. The average Bonchev–Trinajstić information content (AvgIpc) is 3.20. The minimum atomic E-state index is -0.280. The molecule has 0 saturated heterocycles. The van der Waals surface area contributed by atoms with Crippen LogP contribution in [-0.2, 0) is 4.79 Å². The molecule has 29 heavy (non-hydrogen) atoms. The molecule has 2 amide bonds. The second kappa shape index (κ2) is 9.34. The summed E-state index contributed by atoms with van der Waals surface area (Å²) in [5.41, 5.74) is 2.61. The zero-order valence-electron chi connectivity index (χ0n) is 16.6. The van der Waals surface area contributed by atoms with E-state index in [0.29, 0.717) is 23.7 Å². The maximum Gasteiger partial charge on any atom is 0.275 e. The van der Waals surface area contributed by atoms with Gasteiger partial charge in [0.2, 0.25) is 5.91 Å². The van der Waals surface area contributed by atoms with E-state index in [4.69, 9.17) is 4.74 Å². The molecule has 0 atom stereocenters. The summed E-state index contributed by atoms with van der Waals surface area (Å²) in [4.78, 5) is 28.7. The highest BCUT2D eigenvalue weighted by Gasteiger charge is 2.13. The molecule has 3 rings (SSSR count). The maximum atomic E-state index is 12.5. The Labute approximate surface area is 173 Å². The van der Waals surface area contributed by atoms with Crippen LogP contribution in [0, 0.1) is 5.92 Å². The third-order valence-corrected chi connectivity index (χ3v) is 4.98. The fourth-order valence-corrected chi connectivity index (χ4v) is 3.30. The Hall–Kier alpha value is -3.19. The van der Waals surface area contributed by atoms with Crippen LogP contribution >= 0.6 is 11.3 Å². The zero-order chi connectivity index (χ0) is 20.8. The Balaban J connectivity index is 1.63. The quantitative estimate of drug-likeness (QED) is 0.572. The highest BCUT2D eigenvalue weighted by atomic mass is 32.1. The molecule has 0 aliphatic carbocycles. The number of rotatable bonds is 7. The monoisotopic (exact) mass is 409 g/mol. The number of benzene rings is 2. The highest BCUT2D eigenvalue weighted by Crippen LogP contribution is 2.26. The largest absolute Gasteiger partial charge is 0.494 e. The second-order valence-corrected chi connectivity index (χ2v) is 7.53. The van der Waals surface area contributed by atoms with Gasteiger partial charge in [0.15, 0.2) is 0 Å². The standard InChI is InChI=1S/C22H23N3O3S/c1-4-28-18-11-5-15(6-12-18)22-25-19(13-29-22)21(27)24-17-9-7-16(8-10-17)23-20(26)14(2)3/h5-14H,4H2,1-3H3,(H,23,26)(H,24,27). The van der Waals surface area contributed by atoms with Crippen molar-refractivity contribution in [1.29, 1.82) is 0 Å². The number of thiazole rings is 1. The predicted molar refractivity (Wildman–Crippen MR) is 117 cm³/mol. The summed E-state index contributed by atoms with van der Waals surface area (Å²) < 4.78 is 5.44. The number of nitrogens with zero attached hydrogens (tertiary/aromatic N) is 1. The van der Waals surface area contributed by atoms with Gasteiger partial charge in [0.1, 0.15) is 16.5 Å². The summed E-state index contributed by atoms with van der Waals surface area (Å²) in [5, 5.41) is 8.14. The lowest BCUT2D eigenvalue weighted by atomic mass is 10.2. The summed E-state index contributed by atoms with van der Waals surface area (Å²) in [6.07, 6.45) is 0. The van der Waals surface area contributed by atoms with Gasteiger partial charge in [-0.25, -0.2) is 4.98 Å². The molecule has 2 N–H and O–H groups in total. The van der Waals surface area contributed by atoms with Crippen LogP contribution in [0.1, 0.15) is 31.3 Å². The van der Waals surface area contributed by atoms with E-state index in [0.717, 1.165) is 16.3 Å². The van der Waals surface area contributed by atoms with Gasteiger partial charge in [-0.3, -0.25) is 9.59 Å². The molecule has 0 aliphatic heterocycles. The third kappa shape index (κ3) is 5.42. The number of hydrogen-bond donors (Lipinski definition) is 2. The molecular weight excluding hydrogens is 386 g/mol. The van der Waals surface area contributed by atoms with Gasteiger partial charge in [-0.15, -0.1) is 11.3 Å².